The fourth-order valence-corrected chi connectivity index (χ4v) is 3.01. The summed E-state index contributed by atoms with van der Waals surface area (Å²) in [6.07, 6.45) is -5.89. The molecule has 1 aromatic heterocycles. The number of benzene rings is 2. The second-order valence-electron chi connectivity index (χ2n) is 6.08. The minimum Gasteiger partial charge on any atom is -0.479 e. The van der Waals surface area contributed by atoms with Crippen molar-refractivity contribution in [2.24, 2.45) is 0 Å². The maximum Gasteiger partial charge on any atom is 0.450 e. The van der Waals surface area contributed by atoms with Crippen LogP contribution in [0.5, 0.6) is 5.75 Å². The number of rotatable bonds is 4. The van der Waals surface area contributed by atoms with Crippen molar-refractivity contribution in [3.63, 3.8) is 0 Å². The van der Waals surface area contributed by atoms with Crippen molar-refractivity contribution in [3.8, 4) is 16.9 Å². The zero-order valence-electron chi connectivity index (χ0n) is 15.2. The van der Waals surface area contributed by atoms with Gasteiger partial charge in [-0.2, -0.15) is 13.2 Å². The van der Waals surface area contributed by atoms with Crippen LogP contribution >= 0.6 is 15.9 Å². The van der Waals surface area contributed by atoms with Gasteiger partial charge in [0, 0.05) is 10.5 Å². The van der Waals surface area contributed by atoms with Gasteiger partial charge in [-0.1, -0.05) is 28.1 Å². The van der Waals surface area contributed by atoms with E-state index in [0.717, 1.165) is 6.07 Å². The summed E-state index contributed by atoms with van der Waals surface area (Å²) >= 11 is 3.21. The van der Waals surface area contributed by atoms with Crippen LogP contribution < -0.4 is 10.2 Å². The van der Waals surface area contributed by atoms with E-state index in [-0.39, 0.29) is 22.3 Å². The van der Waals surface area contributed by atoms with Crippen molar-refractivity contribution >= 4 is 32.9 Å². The summed E-state index contributed by atoms with van der Waals surface area (Å²) in [5.74, 6) is -2.01. The molecule has 0 bridgehead atoms. The van der Waals surface area contributed by atoms with Gasteiger partial charge in [-0.25, -0.2) is 4.79 Å². The maximum absolute atomic E-state index is 13.6. The highest BCUT2D eigenvalue weighted by Gasteiger charge is 2.39. The number of methoxy groups -OCH3 is 1. The van der Waals surface area contributed by atoms with E-state index in [1.807, 2.05) is 0 Å². The Bertz CT molecular complexity index is 1120. The molecule has 0 amide bonds. The molecule has 152 valence electrons. The number of hydrogen-bond donors (Lipinski definition) is 0. The molecule has 0 aliphatic carbocycles. The molecule has 5 nitrogen and oxygen atoms in total. The van der Waals surface area contributed by atoms with E-state index in [9.17, 15) is 22.8 Å². The first-order valence-corrected chi connectivity index (χ1v) is 9.09. The summed E-state index contributed by atoms with van der Waals surface area (Å²) < 4.78 is 56.6. The molecular weight excluding hydrogens is 457 g/mol. The van der Waals surface area contributed by atoms with Gasteiger partial charge in [0.1, 0.15) is 11.3 Å². The van der Waals surface area contributed by atoms with Gasteiger partial charge in [-0.05, 0) is 36.8 Å². The van der Waals surface area contributed by atoms with Crippen molar-refractivity contribution in [2.75, 3.05) is 7.11 Å². The molecule has 3 aromatic rings. The van der Waals surface area contributed by atoms with Gasteiger partial charge in [-0.3, -0.25) is 4.79 Å². The topological polar surface area (TPSA) is 65.7 Å². The molecule has 0 radical (unpaired) electrons. The number of halogens is 4. The van der Waals surface area contributed by atoms with Crippen molar-refractivity contribution in [3.05, 3.63) is 62.9 Å². The number of fused-ring (bicyclic) bond motifs is 1. The van der Waals surface area contributed by atoms with Gasteiger partial charge in [0.15, 0.2) is 6.10 Å². The summed E-state index contributed by atoms with van der Waals surface area (Å²) in [6, 6.07) is 9.66. The van der Waals surface area contributed by atoms with E-state index in [1.165, 1.54) is 50.4 Å². The highest BCUT2D eigenvalue weighted by Crippen LogP contribution is 2.38. The van der Waals surface area contributed by atoms with Crippen molar-refractivity contribution in [1.29, 1.82) is 0 Å². The third-order valence-corrected chi connectivity index (χ3v) is 4.63. The summed E-state index contributed by atoms with van der Waals surface area (Å²) in [4.78, 5) is 24.4. The van der Waals surface area contributed by atoms with Gasteiger partial charge < -0.3 is 13.9 Å². The Balaban J connectivity index is 2.19. The van der Waals surface area contributed by atoms with Crippen LogP contribution in [-0.2, 0) is 15.7 Å². The Morgan fingerprint density at radius 3 is 2.38 bits per heavy atom. The molecule has 1 heterocycles. The second-order valence-corrected chi connectivity index (χ2v) is 7.00. The normalized spacial score (nSPS) is 12.6. The average molecular weight is 471 g/mol. The van der Waals surface area contributed by atoms with Crippen molar-refractivity contribution in [2.45, 2.75) is 19.2 Å². The summed E-state index contributed by atoms with van der Waals surface area (Å²) in [6.45, 7) is 1.42. The Morgan fingerprint density at radius 2 is 1.79 bits per heavy atom. The molecule has 29 heavy (non-hydrogen) atoms. The zero-order chi connectivity index (χ0) is 21.3. The number of carbonyl (C=O) groups is 1. The van der Waals surface area contributed by atoms with E-state index in [4.69, 9.17) is 9.15 Å². The number of ether oxygens (including phenoxy) is 2. The van der Waals surface area contributed by atoms with E-state index in [0.29, 0.717) is 4.47 Å². The maximum atomic E-state index is 13.6. The molecule has 9 heteroatoms. The molecule has 2 aromatic carbocycles. The SMILES string of the molecule is COC(=O)C(C)Oc1ccc2c(=O)c(-c3ccc(Br)cc3)c(C(F)(F)F)oc2c1. The Morgan fingerprint density at radius 1 is 1.14 bits per heavy atom. The average Bonchev–Trinajstić information content (AvgIpc) is 2.67. The van der Waals surface area contributed by atoms with Gasteiger partial charge in [0.05, 0.1) is 18.1 Å². The van der Waals surface area contributed by atoms with Crippen LogP contribution in [0.2, 0.25) is 0 Å². The lowest BCUT2D eigenvalue weighted by Gasteiger charge is -2.15. The molecule has 0 saturated heterocycles. The molecule has 0 N–H and O–H groups in total. The summed E-state index contributed by atoms with van der Waals surface area (Å²) in [5, 5.41) is -0.0472. The molecule has 0 spiro atoms. The number of esters is 1. The first-order chi connectivity index (χ1) is 13.6. The van der Waals surface area contributed by atoms with Crippen LogP contribution in [0.1, 0.15) is 12.7 Å². The molecule has 0 fully saturated rings. The third-order valence-electron chi connectivity index (χ3n) is 4.10. The first kappa shape index (κ1) is 20.9. The molecule has 1 atom stereocenters. The van der Waals surface area contributed by atoms with E-state index in [2.05, 4.69) is 20.7 Å². The van der Waals surface area contributed by atoms with Crippen LogP contribution in [0.25, 0.3) is 22.1 Å². The van der Waals surface area contributed by atoms with Crippen LogP contribution in [0, 0.1) is 0 Å². The molecule has 3 rings (SSSR count). The van der Waals surface area contributed by atoms with Crippen LogP contribution in [0.4, 0.5) is 13.2 Å². The molecule has 0 aliphatic rings. The van der Waals surface area contributed by atoms with Gasteiger partial charge >= 0.3 is 12.1 Å². The monoisotopic (exact) mass is 470 g/mol. The highest BCUT2D eigenvalue weighted by atomic mass is 79.9. The standard InChI is InChI=1S/C20H14BrF3O5/c1-10(19(26)27-2)28-13-7-8-14-15(9-13)29-18(20(22,23)24)16(17(14)25)11-3-5-12(21)6-4-11/h3-10H,1-2H3. The number of hydrogen-bond acceptors (Lipinski definition) is 5. The largest absolute Gasteiger partial charge is 0.479 e. The van der Waals surface area contributed by atoms with E-state index in [1.54, 1.807) is 0 Å². The summed E-state index contributed by atoms with van der Waals surface area (Å²) in [7, 11) is 1.18. The third kappa shape index (κ3) is 4.29. The van der Waals surface area contributed by atoms with Gasteiger partial charge in [0.25, 0.3) is 0 Å². The molecular formula is C20H14BrF3O5. The van der Waals surface area contributed by atoms with Gasteiger partial charge in [-0.15, -0.1) is 0 Å². The van der Waals surface area contributed by atoms with Crippen molar-refractivity contribution in [1.82, 2.24) is 0 Å². The van der Waals surface area contributed by atoms with E-state index < -0.39 is 35.0 Å². The minimum atomic E-state index is -4.90. The second kappa shape index (κ2) is 7.90. The van der Waals surface area contributed by atoms with Crippen LogP contribution in [0.3, 0.4) is 0 Å². The number of alkyl halides is 3. The lowest BCUT2D eigenvalue weighted by Crippen LogP contribution is -2.24. The quantitative estimate of drug-likeness (QED) is 0.491. The number of carbonyl (C=O) groups excluding carboxylic acids is 1. The Kier molecular flexibility index (Phi) is 5.70. The highest BCUT2D eigenvalue weighted by molar-refractivity contribution is 9.10. The molecule has 0 saturated carbocycles. The predicted molar refractivity (Wildman–Crippen MR) is 103 cm³/mol. The molecule has 0 aliphatic heterocycles. The fraction of sp³-hybridized carbons (Fsp3) is 0.200. The van der Waals surface area contributed by atoms with Crippen molar-refractivity contribution < 1.29 is 31.9 Å². The zero-order valence-corrected chi connectivity index (χ0v) is 16.8. The molecule has 1 unspecified atom stereocenters. The van der Waals surface area contributed by atoms with Crippen LogP contribution in [0.15, 0.2) is 56.1 Å². The van der Waals surface area contributed by atoms with Gasteiger partial charge in [0.2, 0.25) is 11.2 Å². The lowest BCUT2D eigenvalue weighted by molar-refractivity contribution is -0.152. The summed E-state index contributed by atoms with van der Waals surface area (Å²) in [5.41, 5.74) is -1.63. The van der Waals surface area contributed by atoms with E-state index >= 15 is 0 Å². The minimum absolute atomic E-state index is 0.0472. The smallest absolute Gasteiger partial charge is 0.450 e. The Labute approximate surface area is 171 Å². The predicted octanol–water partition coefficient (Wildman–Crippen LogP) is 5.18. The fourth-order valence-electron chi connectivity index (χ4n) is 2.74. The first-order valence-electron chi connectivity index (χ1n) is 8.30. The lowest BCUT2D eigenvalue weighted by atomic mass is 10.0. The van der Waals surface area contributed by atoms with Crippen LogP contribution in [-0.4, -0.2) is 19.2 Å². The Hall–Kier alpha value is -2.81.